The fraction of sp³-hybridized carbons (Fsp3) is 0.409. The van der Waals surface area contributed by atoms with Crippen molar-refractivity contribution in [2.24, 2.45) is 5.11 Å². The Bertz CT molecular complexity index is 1060. The van der Waals surface area contributed by atoms with Gasteiger partial charge in [0.1, 0.15) is 23.3 Å². The van der Waals surface area contributed by atoms with Gasteiger partial charge in [-0.1, -0.05) is 35.4 Å². The first-order valence-corrected chi connectivity index (χ1v) is 9.88. The molecule has 1 saturated heterocycles. The maximum absolute atomic E-state index is 15.3. The van der Waals surface area contributed by atoms with E-state index in [2.05, 4.69) is 10.0 Å². The van der Waals surface area contributed by atoms with Crippen LogP contribution in [0.25, 0.3) is 21.6 Å². The molecular formula is C22H22F4N4O2. The minimum absolute atomic E-state index is 0.0150. The molecule has 0 unspecified atom stereocenters. The van der Waals surface area contributed by atoms with Gasteiger partial charge in [-0.3, -0.25) is 4.90 Å². The molecule has 2 atom stereocenters. The molecule has 10 heteroatoms. The molecule has 1 amide bonds. The van der Waals surface area contributed by atoms with Gasteiger partial charge in [-0.2, -0.15) is 0 Å². The number of azide groups is 1. The number of rotatable bonds is 4. The van der Waals surface area contributed by atoms with Crippen molar-refractivity contribution in [1.82, 2.24) is 4.90 Å². The number of amides is 1. The lowest BCUT2D eigenvalue weighted by molar-refractivity contribution is -0.00932. The van der Waals surface area contributed by atoms with E-state index in [1.165, 1.54) is 36.4 Å². The van der Waals surface area contributed by atoms with Crippen molar-refractivity contribution in [3.8, 4) is 11.1 Å². The molecule has 1 aliphatic heterocycles. The maximum atomic E-state index is 15.3. The molecule has 32 heavy (non-hydrogen) atoms. The third-order valence-electron chi connectivity index (χ3n) is 5.03. The second-order valence-electron chi connectivity index (χ2n) is 8.58. The Morgan fingerprint density at radius 3 is 2.56 bits per heavy atom. The van der Waals surface area contributed by atoms with Gasteiger partial charge >= 0.3 is 6.09 Å². The standard InChI is InChI=1S/C22H22F4N4O2/c1-21(2,3)32-20(31)30-12-22(25,26)19(28-29-27)17(30)11-14-7-5-9-16(18(14)24)13-6-4-8-15(23)10-13/h4-10,17,19H,11-12H2,1-3H3/t17-,19+/m0/s1. The highest BCUT2D eigenvalue weighted by Gasteiger charge is 2.56. The number of ether oxygens (including phenoxy) is 1. The number of hydrogen-bond donors (Lipinski definition) is 0. The molecule has 0 aliphatic carbocycles. The van der Waals surface area contributed by atoms with Crippen LogP contribution in [0.1, 0.15) is 26.3 Å². The van der Waals surface area contributed by atoms with E-state index in [4.69, 9.17) is 10.3 Å². The number of benzene rings is 2. The molecule has 2 aromatic carbocycles. The van der Waals surface area contributed by atoms with E-state index in [1.807, 2.05) is 0 Å². The van der Waals surface area contributed by atoms with Gasteiger partial charge in [-0.15, -0.1) is 0 Å². The summed E-state index contributed by atoms with van der Waals surface area (Å²) in [7, 11) is 0. The molecular weight excluding hydrogens is 428 g/mol. The second kappa shape index (κ2) is 8.70. The summed E-state index contributed by atoms with van der Waals surface area (Å²) in [6, 6.07) is 6.40. The summed E-state index contributed by atoms with van der Waals surface area (Å²) in [5.74, 6) is -4.82. The van der Waals surface area contributed by atoms with Crippen molar-refractivity contribution in [1.29, 1.82) is 0 Å². The Kier molecular flexibility index (Phi) is 6.37. The monoisotopic (exact) mass is 450 g/mol. The van der Waals surface area contributed by atoms with Gasteiger partial charge in [-0.25, -0.2) is 22.4 Å². The Labute approximate surface area is 182 Å². The molecule has 0 bridgehead atoms. The molecule has 1 heterocycles. The van der Waals surface area contributed by atoms with Crippen LogP contribution in [-0.4, -0.2) is 41.1 Å². The zero-order chi connectivity index (χ0) is 23.7. The van der Waals surface area contributed by atoms with E-state index in [1.54, 1.807) is 20.8 Å². The number of carbonyl (C=O) groups excluding carboxylic acids is 1. The average molecular weight is 450 g/mol. The predicted molar refractivity (Wildman–Crippen MR) is 110 cm³/mol. The Hall–Kier alpha value is -3.26. The zero-order valence-corrected chi connectivity index (χ0v) is 17.7. The van der Waals surface area contributed by atoms with E-state index >= 15 is 4.39 Å². The van der Waals surface area contributed by atoms with Crippen LogP contribution in [0.15, 0.2) is 47.6 Å². The molecule has 0 saturated carbocycles. The molecule has 0 spiro atoms. The first-order chi connectivity index (χ1) is 14.9. The van der Waals surface area contributed by atoms with Crippen molar-refractivity contribution >= 4 is 6.09 Å². The Balaban J connectivity index is 2.00. The van der Waals surface area contributed by atoms with Crippen LogP contribution in [0.2, 0.25) is 0 Å². The summed E-state index contributed by atoms with van der Waals surface area (Å²) in [4.78, 5) is 15.9. The molecule has 0 radical (unpaired) electrons. The molecule has 3 rings (SSSR count). The van der Waals surface area contributed by atoms with E-state index in [-0.39, 0.29) is 23.1 Å². The van der Waals surface area contributed by atoms with Gasteiger partial charge in [0.15, 0.2) is 0 Å². The van der Waals surface area contributed by atoms with Gasteiger partial charge in [0.05, 0.1) is 12.6 Å². The van der Waals surface area contributed by atoms with Crippen LogP contribution in [-0.2, 0) is 11.2 Å². The highest BCUT2D eigenvalue weighted by molar-refractivity contribution is 5.70. The van der Waals surface area contributed by atoms with Crippen molar-refractivity contribution in [3.05, 3.63) is 70.1 Å². The number of alkyl halides is 2. The number of likely N-dealkylation sites (tertiary alicyclic amines) is 1. The topological polar surface area (TPSA) is 78.3 Å². The number of nitrogens with zero attached hydrogens (tertiary/aromatic N) is 4. The van der Waals surface area contributed by atoms with Gasteiger partial charge in [0.2, 0.25) is 0 Å². The fourth-order valence-electron chi connectivity index (χ4n) is 3.69. The largest absolute Gasteiger partial charge is 0.444 e. The van der Waals surface area contributed by atoms with E-state index in [9.17, 15) is 18.0 Å². The van der Waals surface area contributed by atoms with E-state index in [0.29, 0.717) is 0 Å². The summed E-state index contributed by atoms with van der Waals surface area (Å²) in [6.07, 6.45) is -1.37. The highest BCUT2D eigenvalue weighted by Crippen LogP contribution is 2.38. The maximum Gasteiger partial charge on any atom is 0.410 e. The lowest BCUT2D eigenvalue weighted by Crippen LogP contribution is -2.43. The lowest BCUT2D eigenvalue weighted by Gasteiger charge is -2.29. The van der Waals surface area contributed by atoms with Crippen LogP contribution in [0, 0.1) is 11.6 Å². The van der Waals surface area contributed by atoms with Gasteiger partial charge in [-0.05, 0) is 56.0 Å². The number of carbonyl (C=O) groups is 1. The third kappa shape index (κ3) is 4.96. The van der Waals surface area contributed by atoms with Crippen LogP contribution in [0.4, 0.5) is 22.4 Å². The van der Waals surface area contributed by atoms with Crippen LogP contribution in [0.3, 0.4) is 0 Å². The normalized spacial score (nSPS) is 20.0. The molecule has 0 N–H and O–H groups in total. The summed E-state index contributed by atoms with van der Waals surface area (Å²) in [6.45, 7) is 3.73. The molecule has 2 aromatic rings. The average Bonchev–Trinajstić information content (AvgIpc) is 2.93. The summed E-state index contributed by atoms with van der Waals surface area (Å²) in [5, 5.41) is 3.21. The molecule has 6 nitrogen and oxygen atoms in total. The Morgan fingerprint density at radius 2 is 1.94 bits per heavy atom. The van der Waals surface area contributed by atoms with Crippen LogP contribution >= 0.6 is 0 Å². The van der Waals surface area contributed by atoms with Crippen LogP contribution < -0.4 is 0 Å². The molecule has 1 fully saturated rings. The minimum atomic E-state index is -3.52. The van der Waals surface area contributed by atoms with Gasteiger partial charge < -0.3 is 4.74 Å². The molecule has 0 aromatic heterocycles. The summed E-state index contributed by atoms with van der Waals surface area (Å²) >= 11 is 0. The quantitative estimate of drug-likeness (QED) is 0.244. The zero-order valence-electron chi connectivity index (χ0n) is 17.7. The minimum Gasteiger partial charge on any atom is -0.444 e. The SMILES string of the molecule is CC(C)(C)OC(=O)N1CC(F)(F)[C@H](N=[N+]=[N-])[C@@H]1Cc1cccc(-c2cccc(F)c2)c1F. The van der Waals surface area contributed by atoms with Crippen molar-refractivity contribution in [2.75, 3.05) is 6.54 Å². The van der Waals surface area contributed by atoms with Gasteiger partial charge in [0.25, 0.3) is 5.92 Å². The second-order valence-corrected chi connectivity index (χ2v) is 8.58. The highest BCUT2D eigenvalue weighted by atomic mass is 19.3. The van der Waals surface area contributed by atoms with Crippen molar-refractivity contribution in [3.63, 3.8) is 0 Å². The third-order valence-corrected chi connectivity index (χ3v) is 5.03. The van der Waals surface area contributed by atoms with Crippen molar-refractivity contribution < 1.29 is 27.1 Å². The first kappa shape index (κ1) is 23.4. The van der Waals surface area contributed by atoms with Crippen LogP contribution in [0.5, 0.6) is 0 Å². The van der Waals surface area contributed by atoms with E-state index < -0.39 is 47.9 Å². The van der Waals surface area contributed by atoms with Crippen molar-refractivity contribution in [2.45, 2.75) is 50.8 Å². The molecule has 1 aliphatic rings. The summed E-state index contributed by atoms with van der Waals surface area (Å²) in [5.41, 5.74) is 8.23. The number of halogens is 4. The van der Waals surface area contributed by atoms with Gasteiger partial charge in [0, 0.05) is 10.5 Å². The number of hydrogen-bond acceptors (Lipinski definition) is 3. The van der Waals surface area contributed by atoms with E-state index in [0.717, 1.165) is 11.0 Å². The summed E-state index contributed by atoms with van der Waals surface area (Å²) < 4.78 is 63.4. The molecule has 170 valence electrons. The first-order valence-electron chi connectivity index (χ1n) is 9.88. The predicted octanol–water partition coefficient (Wildman–Crippen LogP) is 6.11. The Morgan fingerprint density at radius 1 is 1.25 bits per heavy atom. The smallest absolute Gasteiger partial charge is 0.410 e. The lowest BCUT2D eigenvalue weighted by atomic mass is 9.95. The fourth-order valence-corrected chi connectivity index (χ4v) is 3.69.